The average molecular weight is 456 g/mol. The first-order valence-electron chi connectivity index (χ1n) is 10.6. The molecule has 1 aliphatic heterocycles. The van der Waals surface area contributed by atoms with Crippen LogP contribution in [0.15, 0.2) is 67.1 Å². The third kappa shape index (κ3) is 5.87. The molecule has 9 heteroatoms. The number of nitrogens with zero attached hydrogens (tertiary/aromatic N) is 3. The molecule has 3 heterocycles. The van der Waals surface area contributed by atoms with Gasteiger partial charge in [-0.25, -0.2) is 0 Å². The number of pyridine rings is 2. The molecular formula is C24H23F3N4O2. The molecule has 1 N–H and O–H groups in total. The van der Waals surface area contributed by atoms with Gasteiger partial charge in [-0.05, 0) is 67.9 Å². The zero-order valence-electron chi connectivity index (χ0n) is 17.8. The second-order valence-electron chi connectivity index (χ2n) is 7.78. The van der Waals surface area contributed by atoms with E-state index in [0.717, 1.165) is 18.9 Å². The van der Waals surface area contributed by atoms with Gasteiger partial charge < -0.3 is 10.1 Å². The number of alkyl halides is 3. The van der Waals surface area contributed by atoms with Gasteiger partial charge in [0.25, 0.3) is 0 Å². The number of piperidine rings is 1. The lowest BCUT2D eigenvalue weighted by Gasteiger charge is -2.34. The van der Waals surface area contributed by atoms with E-state index in [1.807, 2.05) is 0 Å². The molecule has 1 amide bonds. The van der Waals surface area contributed by atoms with Crippen molar-refractivity contribution in [2.45, 2.75) is 38.0 Å². The number of hydrogen-bond donors (Lipinski definition) is 1. The Morgan fingerprint density at radius 2 is 1.85 bits per heavy atom. The lowest BCUT2D eigenvalue weighted by Crippen LogP contribution is -2.46. The van der Waals surface area contributed by atoms with Crippen LogP contribution >= 0.6 is 0 Å². The molecule has 4 rings (SSSR count). The molecule has 0 spiro atoms. The van der Waals surface area contributed by atoms with E-state index in [4.69, 9.17) is 4.74 Å². The van der Waals surface area contributed by atoms with Gasteiger partial charge in [0, 0.05) is 24.6 Å². The lowest BCUT2D eigenvalue weighted by atomic mass is 10.00. The van der Waals surface area contributed by atoms with Gasteiger partial charge in [0.15, 0.2) is 0 Å². The average Bonchev–Trinajstić information content (AvgIpc) is 2.81. The molecule has 0 radical (unpaired) electrons. The van der Waals surface area contributed by atoms with E-state index < -0.39 is 17.8 Å². The van der Waals surface area contributed by atoms with E-state index in [9.17, 15) is 18.0 Å². The van der Waals surface area contributed by atoms with Crippen LogP contribution in [0.3, 0.4) is 0 Å². The number of benzene rings is 1. The number of rotatable bonds is 6. The van der Waals surface area contributed by atoms with E-state index in [1.54, 1.807) is 53.7 Å². The second-order valence-corrected chi connectivity index (χ2v) is 7.78. The molecule has 1 saturated heterocycles. The summed E-state index contributed by atoms with van der Waals surface area (Å²) in [7, 11) is 0. The van der Waals surface area contributed by atoms with Gasteiger partial charge in [-0.1, -0.05) is 6.42 Å². The first-order valence-corrected chi connectivity index (χ1v) is 10.6. The van der Waals surface area contributed by atoms with Crippen LogP contribution in [0.1, 0.15) is 30.5 Å². The van der Waals surface area contributed by atoms with Gasteiger partial charge in [0.05, 0.1) is 23.5 Å². The Bertz CT molecular complexity index is 1080. The van der Waals surface area contributed by atoms with Crippen molar-refractivity contribution in [2.75, 3.05) is 11.9 Å². The summed E-state index contributed by atoms with van der Waals surface area (Å²) in [5.41, 5.74) is -0.251. The van der Waals surface area contributed by atoms with E-state index in [2.05, 4.69) is 15.3 Å². The monoisotopic (exact) mass is 456 g/mol. The van der Waals surface area contributed by atoms with Crippen LogP contribution in [-0.2, 0) is 17.5 Å². The van der Waals surface area contributed by atoms with Gasteiger partial charge >= 0.3 is 6.18 Å². The first kappa shape index (κ1) is 22.7. The Labute approximate surface area is 189 Å². The Morgan fingerprint density at radius 3 is 2.58 bits per heavy atom. The highest BCUT2D eigenvalue weighted by atomic mass is 19.4. The molecule has 0 unspecified atom stereocenters. The summed E-state index contributed by atoms with van der Waals surface area (Å²) in [6.45, 7) is 0.496. The Morgan fingerprint density at radius 1 is 1.06 bits per heavy atom. The van der Waals surface area contributed by atoms with Crippen molar-refractivity contribution in [3.63, 3.8) is 0 Å². The number of nitrogens with one attached hydrogen (secondary N) is 1. The largest absolute Gasteiger partial charge is 0.456 e. The number of hydrogen-bond acceptors (Lipinski definition) is 5. The van der Waals surface area contributed by atoms with E-state index in [1.165, 1.54) is 12.3 Å². The quantitative estimate of drug-likeness (QED) is 0.547. The maximum Gasteiger partial charge on any atom is 0.418 e. The van der Waals surface area contributed by atoms with Crippen molar-refractivity contribution >= 4 is 11.6 Å². The molecule has 1 aliphatic rings. The number of anilines is 1. The Kier molecular flexibility index (Phi) is 6.88. The number of halogens is 3. The fourth-order valence-electron chi connectivity index (χ4n) is 3.87. The SMILES string of the molecule is O=C(Nc1ccc(Oc2cccnc2)cc1)[C@H]1CCCCN1Cc1ncccc1C(F)(F)F. The van der Waals surface area contributed by atoms with Crippen molar-refractivity contribution < 1.29 is 22.7 Å². The van der Waals surface area contributed by atoms with Crippen LogP contribution in [0.4, 0.5) is 18.9 Å². The Balaban J connectivity index is 1.43. The van der Waals surface area contributed by atoms with E-state index >= 15 is 0 Å². The molecule has 172 valence electrons. The van der Waals surface area contributed by atoms with Crippen molar-refractivity contribution in [2.24, 2.45) is 0 Å². The van der Waals surface area contributed by atoms with E-state index in [-0.39, 0.29) is 18.1 Å². The number of aromatic nitrogens is 2. The van der Waals surface area contributed by atoms with Crippen molar-refractivity contribution in [3.8, 4) is 11.5 Å². The van der Waals surface area contributed by atoms with Crippen LogP contribution in [0.2, 0.25) is 0 Å². The Hall–Kier alpha value is -3.46. The van der Waals surface area contributed by atoms with Crippen LogP contribution < -0.4 is 10.1 Å². The normalized spacial score (nSPS) is 16.9. The molecule has 0 bridgehead atoms. The standard InChI is InChI=1S/C24H23F3N4O2/c25-24(26,27)20-6-4-13-29-21(20)16-31-14-2-1-7-22(31)23(32)30-17-8-10-18(11-9-17)33-19-5-3-12-28-15-19/h3-6,8-13,15,22H,1-2,7,14,16H2,(H,30,32)/t22-/m1/s1. The highest BCUT2D eigenvalue weighted by Gasteiger charge is 2.36. The van der Waals surface area contributed by atoms with Gasteiger partial charge in [-0.2, -0.15) is 13.2 Å². The van der Waals surface area contributed by atoms with Gasteiger partial charge in [0.1, 0.15) is 11.5 Å². The predicted molar refractivity (Wildman–Crippen MR) is 117 cm³/mol. The summed E-state index contributed by atoms with van der Waals surface area (Å²) in [6.07, 6.45) is 2.33. The van der Waals surface area contributed by atoms with Crippen LogP contribution in [-0.4, -0.2) is 33.4 Å². The smallest absolute Gasteiger partial charge is 0.418 e. The zero-order chi connectivity index (χ0) is 23.3. The number of amides is 1. The summed E-state index contributed by atoms with van der Waals surface area (Å²) in [6, 6.07) is 12.2. The third-order valence-electron chi connectivity index (χ3n) is 5.46. The van der Waals surface area contributed by atoms with Crippen molar-refractivity contribution in [1.82, 2.24) is 14.9 Å². The summed E-state index contributed by atoms with van der Waals surface area (Å²) >= 11 is 0. The fourth-order valence-corrected chi connectivity index (χ4v) is 3.87. The molecule has 6 nitrogen and oxygen atoms in total. The highest BCUT2D eigenvalue weighted by molar-refractivity contribution is 5.94. The summed E-state index contributed by atoms with van der Waals surface area (Å²) in [4.78, 5) is 22.7. The maximum atomic E-state index is 13.4. The van der Waals surface area contributed by atoms with Gasteiger partial charge in [0.2, 0.25) is 5.91 Å². The fraction of sp³-hybridized carbons (Fsp3) is 0.292. The number of ether oxygens (including phenoxy) is 1. The highest BCUT2D eigenvalue weighted by Crippen LogP contribution is 2.32. The third-order valence-corrected chi connectivity index (χ3v) is 5.46. The summed E-state index contributed by atoms with van der Waals surface area (Å²) < 4.78 is 45.8. The maximum absolute atomic E-state index is 13.4. The van der Waals surface area contributed by atoms with E-state index in [0.29, 0.717) is 30.2 Å². The number of likely N-dealkylation sites (tertiary alicyclic amines) is 1. The molecule has 0 aliphatic carbocycles. The van der Waals surface area contributed by atoms with Crippen LogP contribution in [0, 0.1) is 0 Å². The second kappa shape index (κ2) is 9.99. The molecule has 3 aromatic rings. The van der Waals surface area contributed by atoms with Crippen LogP contribution in [0.5, 0.6) is 11.5 Å². The topological polar surface area (TPSA) is 67.3 Å². The molecule has 33 heavy (non-hydrogen) atoms. The van der Waals surface area contributed by atoms with Crippen molar-refractivity contribution in [1.29, 1.82) is 0 Å². The summed E-state index contributed by atoms with van der Waals surface area (Å²) in [5.74, 6) is 0.940. The minimum atomic E-state index is -4.49. The molecular weight excluding hydrogens is 433 g/mol. The van der Waals surface area contributed by atoms with Crippen LogP contribution in [0.25, 0.3) is 0 Å². The molecule has 1 fully saturated rings. The minimum absolute atomic E-state index is 0.0361. The minimum Gasteiger partial charge on any atom is -0.456 e. The molecule has 2 aromatic heterocycles. The zero-order valence-corrected chi connectivity index (χ0v) is 17.8. The molecule has 1 atom stereocenters. The van der Waals surface area contributed by atoms with Crippen molar-refractivity contribution in [3.05, 3.63) is 78.4 Å². The van der Waals surface area contributed by atoms with Gasteiger partial charge in [-0.15, -0.1) is 0 Å². The molecule has 1 aromatic carbocycles. The van der Waals surface area contributed by atoms with Gasteiger partial charge in [-0.3, -0.25) is 19.7 Å². The summed E-state index contributed by atoms with van der Waals surface area (Å²) in [5, 5.41) is 2.87. The first-order chi connectivity index (χ1) is 15.9. The number of carbonyl (C=O) groups excluding carboxylic acids is 1. The predicted octanol–water partition coefficient (Wildman–Crippen LogP) is 5.28. The lowest BCUT2D eigenvalue weighted by molar-refractivity contribution is -0.138. The molecule has 0 saturated carbocycles. The number of carbonyl (C=O) groups is 1.